The third-order valence-corrected chi connectivity index (χ3v) is 4.85. The number of carbonyl (C=O) groups is 2. The second-order valence-corrected chi connectivity index (χ2v) is 7.02. The molecular weight excluding hydrogens is 318 g/mol. The van der Waals surface area contributed by atoms with E-state index in [0.717, 1.165) is 31.5 Å². The third kappa shape index (κ3) is 5.54. The van der Waals surface area contributed by atoms with Crippen molar-refractivity contribution in [2.75, 3.05) is 41.3 Å². The van der Waals surface area contributed by atoms with Crippen LogP contribution in [0.3, 0.4) is 0 Å². The van der Waals surface area contributed by atoms with Crippen molar-refractivity contribution in [1.82, 2.24) is 15.1 Å². The topological polar surface area (TPSA) is 61.9 Å². The summed E-state index contributed by atoms with van der Waals surface area (Å²) in [5.41, 5.74) is 1.48. The molecule has 1 aliphatic rings. The number of ether oxygens (including phenoxy) is 1. The molecule has 0 aromatic heterocycles. The number of methoxy groups -OCH3 is 1. The minimum atomic E-state index is -0.354. The number of hydrogen-bond acceptors (Lipinski definition) is 5. The van der Waals surface area contributed by atoms with Crippen LogP contribution in [-0.4, -0.2) is 69.1 Å². The predicted octanol–water partition coefficient (Wildman–Crippen LogP) is 1.36. The molecule has 1 heterocycles. The molecule has 6 nitrogen and oxygen atoms in total. The van der Waals surface area contributed by atoms with Crippen LogP contribution in [0.25, 0.3) is 0 Å². The molecule has 0 bridgehead atoms. The number of nitrogens with one attached hydrogen (secondary N) is 1. The molecule has 2 rings (SSSR count). The Morgan fingerprint density at radius 3 is 2.48 bits per heavy atom. The molecule has 0 spiro atoms. The van der Waals surface area contributed by atoms with Crippen LogP contribution in [0.4, 0.5) is 0 Å². The minimum absolute atomic E-state index is 0.0179. The van der Waals surface area contributed by atoms with Gasteiger partial charge in [0.2, 0.25) is 5.91 Å². The van der Waals surface area contributed by atoms with Crippen molar-refractivity contribution in [2.24, 2.45) is 5.92 Å². The standard InChI is InChI=1S/C19H29N3O3/c1-21(2)17-10-9-16(12-22(3)13-17)18(23)20-11-14-5-7-15(8-6-14)19(24)25-4/h5-8,16-17H,9-13H2,1-4H3,(H,20,23)/t16-,17+/m1/s1. The number of hydrogen-bond donors (Lipinski definition) is 1. The number of amides is 1. The van der Waals surface area contributed by atoms with E-state index in [-0.39, 0.29) is 17.8 Å². The van der Waals surface area contributed by atoms with Crippen molar-refractivity contribution >= 4 is 11.9 Å². The molecule has 0 saturated carbocycles. The largest absolute Gasteiger partial charge is 0.465 e. The maximum atomic E-state index is 12.5. The normalized spacial score (nSPS) is 21.6. The van der Waals surface area contributed by atoms with Gasteiger partial charge >= 0.3 is 5.97 Å². The lowest BCUT2D eigenvalue weighted by Crippen LogP contribution is -2.39. The average Bonchev–Trinajstić information content (AvgIpc) is 2.81. The van der Waals surface area contributed by atoms with E-state index in [1.807, 2.05) is 12.1 Å². The van der Waals surface area contributed by atoms with Crippen LogP contribution in [0.1, 0.15) is 28.8 Å². The van der Waals surface area contributed by atoms with Crippen molar-refractivity contribution in [2.45, 2.75) is 25.4 Å². The van der Waals surface area contributed by atoms with E-state index in [9.17, 15) is 9.59 Å². The lowest BCUT2D eigenvalue weighted by Gasteiger charge is -2.25. The van der Waals surface area contributed by atoms with E-state index < -0.39 is 0 Å². The Hall–Kier alpha value is -1.92. The second-order valence-electron chi connectivity index (χ2n) is 7.02. The molecule has 6 heteroatoms. The van der Waals surface area contributed by atoms with Crippen molar-refractivity contribution < 1.29 is 14.3 Å². The lowest BCUT2D eigenvalue weighted by molar-refractivity contribution is -0.125. The highest BCUT2D eigenvalue weighted by Gasteiger charge is 2.27. The first-order chi connectivity index (χ1) is 11.9. The molecule has 0 unspecified atom stereocenters. The maximum absolute atomic E-state index is 12.5. The summed E-state index contributed by atoms with van der Waals surface area (Å²) in [4.78, 5) is 28.5. The highest BCUT2D eigenvalue weighted by molar-refractivity contribution is 5.89. The number of benzene rings is 1. The van der Waals surface area contributed by atoms with E-state index in [4.69, 9.17) is 0 Å². The Morgan fingerprint density at radius 2 is 1.88 bits per heavy atom. The fourth-order valence-corrected chi connectivity index (χ4v) is 3.23. The van der Waals surface area contributed by atoms with Crippen LogP contribution in [0.5, 0.6) is 0 Å². The monoisotopic (exact) mass is 347 g/mol. The van der Waals surface area contributed by atoms with Gasteiger partial charge in [-0.15, -0.1) is 0 Å². The molecule has 1 amide bonds. The van der Waals surface area contributed by atoms with Crippen molar-refractivity contribution in [1.29, 1.82) is 0 Å². The van der Waals surface area contributed by atoms with Gasteiger partial charge in [0.25, 0.3) is 0 Å². The summed E-state index contributed by atoms with van der Waals surface area (Å²) in [7, 11) is 7.63. The van der Waals surface area contributed by atoms with Crippen molar-refractivity contribution in [3.63, 3.8) is 0 Å². The van der Waals surface area contributed by atoms with Crippen LogP contribution in [0.15, 0.2) is 24.3 Å². The molecule has 25 heavy (non-hydrogen) atoms. The summed E-state index contributed by atoms with van der Waals surface area (Å²) in [6, 6.07) is 7.61. The van der Waals surface area contributed by atoms with Gasteiger partial charge in [-0.1, -0.05) is 12.1 Å². The number of likely N-dealkylation sites (tertiary alicyclic amines) is 1. The SMILES string of the molecule is COC(=O)c1ccc(CNC(=O)[C@@H]2CC[C@H](N(C)C)CN(C)C2)cc1. The molecule has 1 N–H and O–H groups in total. The second kappa shape index (κ2) is 8.97. The first-order valence-electron chi connectivity index (χ1n) is 8.70. The molecule has 138 valence electrons. The van der Waals surface area contributed by atoms with Gasteiger partial charge in [-0.05, 0) is 51.7 Å². The van der Waals surface area contributed by atoms with Crippen LogP contribution >= 0.6 is 0 Å². The summed E-state index contributed by atoms with van der Waals surface area (Å²) >= 11 is 0. The predicted molar refractivity (Wildman–Crippen MR) is 97.3 cm³/mol. The Balaban J connectivity index is 1.88. The molecule has 1 fully saturated rings. The van der Waals surface area contributed by atoms with Gasteiger partial charge in [-0.25, -0.2) is 4.79 Å². The van der Waals surface area contributed by atoms with Gasteiger partial charge in [0.1, 0.15) is 0 Å². The van der Waals surface area contributed by atoms with Crippen molar-refractivity contribution in [3.8, 4) is 0 Å². The average molecular weight is 347 g/mol. The maximum Gasteiger partial charge on any atom is 0.337 e. The van der Waals surface area contributed by atoms with E-state index in [0.29, 0.717) is 18.2 Å². The fourth-order valence-electron chi connectivity index (χ4n) is 3.23. The summed E-state index contributed by atoms with van der Waals surface area (Å²) in [5, 5.41) is 3.03. The zero-order valence-electron chi connectivity index (χ0n) is 15.6. The number of carbonyl (C=O) groups excluding carboxylic acids is 2. The molecule has 1 aromatic rings. The Kier molecular flexibility index (Phi) is 6.96. The van der Waals surface area contributed by atoms with E-state index in [2.05, 4.69) is 41.0 Å². The first-order valence-corrected chi connectivity index (χ1v) is 8.70. The summed E-state index contributed by atoms with van der Waals surface area (Å²) in [5.74, 6) is -0.236. The third-order valence-electron chi connectivity index (χ3n) is 4.85. The highest BCUT2D eigenvalue weighted by Crippen LogP contribution is 2.18. The molecule has 0 aliphatic carbocycles. The van der Waals surface area contributed by atoms with Crippen LogP contribution in [0.2, 0.25) is 0 Å². The highest BCUT2D eigenvalue weighted by atomic mass is 16.5. The van der Waals surface area contributed by atoms with Crippen LogP contribution in [-0.2, 0) is 16.1 Å². The molecular formula is C19H29N3O3. The van der Waals surface area contributed by atoms with Gasteiger partial charge in [-0.3, -0.25) is 4.79 Å². The summed E-state index contributed by atoms with van der Waals surface area (Å²) in [6.45, 7) is 2.25. The van der Waals surface area contributed by atoms with Gasteiger partial charge < -0.3 is 19.9 Å². The number of rotatable bonds is 5. The molecule has 1 saturated heterocycles. The molecule has 1 aromatic carbocycles. The van der Waals surface area contributed by atoms with Gasteiger partial charge in [0.05, 0.1) is 18.6 Å². The zero-order chi connectivity index (χ0) is 18.4. The molecule has 0 radical (unpaired) electrons. The Morgan fingerprint density at radius 1 is 1.20 bits per heavy atom. The fraction of sp³-hybridized carbons (Fsp3) is 0.579. The molecule has 2 atom stereocenters. The quantitative estimate of drug-likeness (QED) is 0.815. The minimum Gasteiger partial charge on any atom is -0.465 e. The lowest BCUT2D eigenvalue weighted by atomic mass is 10.0. The van der Waals surface area contributed by atoms with Crippen LogP contribution in [0, 0.1) is 5.92 Å². The van der Waals surface area contributed by atoms with E-state index in [1.165, 1.54) is 7.11 Å². The number of esters is 1. The Labute approximate surface area is 150 Å². The van der Waals surface area contributed by atoms with E-state index >= 15 is 0 Å². The number of nitrogens with zero attached hydrogens (tertiary/aromatic N) is 2. The van der Waals surface area contributed by atoms with E-state index in [1.54, 1.807) is 12.1 Å². The number of likely N-dealkylation sites (N-methyl/N-ethyl adjacent to an activating group) is 2. The summed E-state index contributed by atoms with van der Waals surface area (Å²) in [6.07, 6.45) is 1.93. The zero-order valence-corrected chi connectivity index (χ0v) is 15.6. The summed E-state index contributed by atoms with van der Waals surface area (Å²) < 4.78 is 4.68. The smallest absolute Gasteiger partial charge is 0.337 e. The van der Waals surface area contributed by atoms with Gasteiger partial charge in [0.15, 0.2) is 0 Å². The molecule has 1 aliphatic heterocycles. The first kappa shape index (κ1) is 19.4. The Bertz CT molecular complexity index is 586. The van der Waals surface area contributed by atoms with Crippen LogP contribution < -0.4 is 5.32 Å². The van der Waals surface area contributed by atoms with Gasteiger partial charge in [0, 0.05) is 25.7 Å². The van der Waals surface area contributed by atoms with Crippen molar-refractivity contribution in [3.05, 3.63) is 35.4 Å². The van der Waals surface area contributed by atoms with Gasteiger partial charge in [-0.2, -0.15) is 0 Å².